The highest BCUT2D eigenvalue weighted by molar-refractivity contribution is 7.99. The van der Waals surface area contributed by atoms with Crippen molar-refractivity contribution in [1.82, 2.24) is 5.32 Å². The molecule has 0 aromatic heterocycles. The molecule has 0 spiro atoms. The second-order valence-corrected chi connectivity index (χ2v) is 6.97. The summed E-state index contributed by atoms with van der Waals surface area (Å²) in [5.41, 5.74) is 1.71. The molecule has 0 amide bonds. The fourth-order valence-corrected chi connectivity index (χ4v) is 3.40. The summed E-state index contributed by atoms with van der Waals surface area (Å²) in [6, 6.07) is 12.0. The van der Waals surface area contributed by atoms with Crippen molar-refractivity contribution in [2.75, 3.05) is 5.75 Å². The molecule has 0 heterocycles. The first-order chi connectivity index (χ1) is 9.30. The molecule has 19 heavy (non-hydrogen) atoms. The highest BCUT2D eigenvalue weighted by Gasteiger charge is 2.42. The topological polar surface area (TPSA) is 35.8 Å². The molecule has 2 nitrogen and oxygen atoms in total. The monoisotopic (exact) mass is 272 g/mol. The van der Waals surface area contributed by atoms with Crippen LogP contribution in [0, 0.1) is 16.7 Å². The van der Waals surface area contributed by atoms with E-state index in [0.29, 0.717) is 5.41 Å². The lowest BCUT2D eigenvalue weighted by atomic mass is 10.1. The molecule has 2 fully saturated rings. The normalized spacial score (nSPS) is 19.9. The first-order valence-electron chi connectivity index (χ1n) is 7.12. The van der Waals surface area contributed by atoms with Crippen molar-refractivity contribution < 1.29 is 0 Å². The predicted octanol–water partition coefficient (Wildman–Crippen LogP) is 3.72. The molecule has 0 saturated heterocycles. The van der Waals surface area contributed by atoms with Gasteiger partial charge in [-0.05, 0) is 48.8 Å². The van der Waals surface area contributed by atoms with Crippen LogP contribution in [0.25, 0.3) is 0 Å². The summed E-state index contributed by atoms with van der Waals surface area (Å²) in [7, 11) is 0. The van der Waals surface area contributed by atoms with E-state index in [0.717, 1.165) is 24.8 Å². The molecule has 1 aromatic carbocycles. The van der Waals surface area contributed by atoms with Crippen molar-refractivity contribution in [2.24, 2.45) is 5.41 Å². The van der Waals surface area contributed by atoms with Gasteiger partial charge in [-0.15, -0.1) is 11.8 Å². The molecule has 1 aromatic rings. The van der Waals surface area contributed by atoms with Crippen molar-refractivity contribution in [3.8, 4) is 6.07 Å². The van der Waals surface area contributed by atoms with Gasteiger partial charge in [-0.2, -0.15) is 5.26 Å². The number of benzene rings is 1. The Balaban J connectivity index is 1.47. The van der Waals surface area contributed by atoms with E-state index in [1.54, 1.807) is 0 Å². The van der Waals surface area contributed by atoms with Crippen molar-refractivity contribution in [3.05, 3.63) is 29.8 Å². The number of nitriles is 1. The van der Waals surface area contributed by atoms with Gasteiger partial charge in [0.1, 0.15) is 0 Å². The lowest BCUT2D eigenvalue weighted by Gasteiger charge is -2.10. The molecule has 0 aliphatic heterocycles. The molecule has 100 valence electrons. The van der Waals surface area contributed by atoms with Crippen LogP contribution in [0.2, 0.25) is 0 Å². The van der Waals surface area contributed by atoms with Crippen LogP contribution in [0.5, 0.6) is 0 Å². The molecule has 3 heteroatoms. The molecular weight excluding hydrogens is 252 g/mol. The first-order valence-corrected chi connectivity index (χ1v) is 8.10. The summed E-state index contributed by atoms with van der Waals surface area (Å²) >= 11 is 1.90. The van der Waals surface area contributed by atoms with Gasteiger partial charge in [0, 0.05) is 29.7 Å². The zero-order chi connectivity index (χ0) is 13.1. The molecule has 0 bridgehead atoms. The largest absolute Gasteiger partial charge is 0.310 e. The minimum absolute atomic E-state index is 0.339. The van der Waals surface area contributed by atoms with Crippen LogP contribution in [-0.2, 0) is 6.54 Å². The molecule has 1 N–H and O–H groups in total. The van der Waals surface area contributed by atoms with Crippen LogP contribution in [0.4, 0.5) is 0 Å². The van der Waals surface area contributed by atoms with Gasteiger partial charge in [0.2, 0.25) is 0 Å². The smallest absolute Gasteiger partial charge is 0.0627 e. The molecule has 0 unspecified atom stereocenters. The van der Waals surface area contributed by atoms with E-state index in [9.17, 15) is 0 Å². The van der Waals surface area contributed by atoms with E-state index in [2.05, 4.69) is 35.7 Å². The molecular formula is C16H20N2S. The van der Waals surface area contributed by atoms with Gasteiger partial charge in [-0.1, -0.05) is 12.1 Å². The van der Waals surface area contributed by atoms with Crippen LogP contribution in [0.3, 0.4) is 0 Å². The number of nitrogens with zero attached hydrogens (tertiary/aromatic N) is 1. The number of rotatable bonds is 7. The summed E-state index contributed by atoms with van der Waals surface area (Å²) < 4.78 is 0. The second kappa shape index (κ2) is 5.56. The fourth-order valence-electron chi connectivity index (χ4n) is 2.21. The predicted molar refractivity (Wildman–Crippen MR) is 78.9 cm³/mol. The third kappa shape index (κ3) is 3.75. The SMILES string of the molecule is N#CCC1(CSc2ccc(CNC3CC3)cc2)CC1. The van der Waals surface area contributed by atoms with Crippen LogP contribution in [-0.4, -0.2) is 11.8 Å². The Morgan fingerprint density at radius 1 is 1.26 bits per heavy atom. The third-order valence-electron chi connectivity index (χ3n) is 4.05. The lowest BCUT2D eigenvalue weighted by molar-refractivity contribution is 0.604. The maximum absolute atomic E-state index is 8.82. The third-order valence-corrected chi connectivity index (χ3v) is 5.41. The van der Waals surface area contributed by atoms with E-state index in [-0.39, 0.29) is 0 Å². The fraction of sp³-hybridized carbons (Fsp3) is 0.562. The highest BCUT2D eigenvalue weighted by atomic mass is 32.2. The van der Waals surface area contributed by atoms with Gasteiger partial charge in [0.25, 0.3) is 0 Å². The van der Waals surface area contributed by atoms with Gasteiger partial charge in [-0.3, -0.25) is 0 Å². The Morgan fingerprint density at radius 2 is 2.00 bits per heavy atom. The second-order valence-electron chi connectivity index (χ2n) is 5.92. The van der Waals surface area contributed by atoms with Gasteiger partial charge in [0.05, 0.1) is 6.07 Å². The molecule has 2 aliphatic carbocycles. The minimum atomic E-state index is 0.339. The van der Waals surface area contributed by atoms with Crippen molar-refractivity contribution in [2.45, 2.75) is 49.6 Å². The quantitative estimate of drug-likeness (QED) is 0.768. The van der Waals surface area contributed by atoms with Crippen LogP contribution in [0.1, 0.15) is 37.7 Å². The first kappa shape index (κ1) is 13.0. The van der Waals surface area contributed by atoms with Gasteiger partial charge in [0.15, 0.2) is 0 Å². The Bertz CT molecular complexity index is 467. The molecule has 3 rings (SSSR count). The van der Waals surface area contributed by atoms with Crippen molar-refractivity contribution in [1.29, 1.82) is 5.26 Å². The summed E-state index contributed by atoms with van der Waals surface area (Å²) in [6.07, 6.45) is 5.88. The average molecular weight is 272 g/mol. The minimum Gasteiger partial charge on any atom is -0.310 e. The molecule has 2 saturated carbocycles. The Hall–Kier alpha value is -0.980. The highest BCUT2D eigenvalue weighted by Crippen LogP contribution is 2.51. The van der Waals surface area contributed by atoms with E-state index >= 15 is 0 Å². The maximum Gasteiger partial charge on any atom is 0.0627 e. The average Bonchev–Trinajstić information content (AvgIpc) is 3.32. The summed E-state index contributed by atoms with van der Waals surface area (Å²) in [4.78, 5) is 1.33. The maximum atomic E-state index is 8.82. The van der Waals surface area contributed by atoms with Crippen molar-refractivity contribution in [3.63, 3.8) is 0 Å². The Labute approximate surface area is 119 Å². The molecule has 0 atom stereocenters. The van der Waals surface area contributed by atoms with Gasteiger partial charge >= 0.3 is 0 Å². The standard InChI is InChI=1S/C16H20N2S/c17-10-9-16(7-8-16)12-19-15-5-1-13(2-6-15)11-18-14-3-4-14/h1-2,5-6,14,18H,3-4,7-9,11-12H2. The van der Waals surface area contributed by atoms with E-state index in [4.69, 9.17) is 5.26 Å². The number of thioether (sulfide) groups is 1. The number of hydrogen-bond donors (Lipinski definition) is 1. The van der Waals surface area contributed by atoms with E-state index in [1.165, 1.54) is 36.1 Å². The van der Waals surface area contributed by atoms with Crippen molar-refractivity contribution >= 4 is 11.8 Å². The number of hydrogen-bond acceptors (Lipinski definition) is 3. The zero-order valence-corrected chi connectivity index (χ0v) is 12.0. The zero-order valence-electron chi connectivity index (χ0n) is 11.2. The summed E-state index contributed by atoms with van der Waals surface area (Å²) in [5.74, 6) is 1.10. The number of nitrogens with one attached hydrogen (secondary N) is 1. The Kier molecular flexibility index (Phi) is 3.81. The van der Waals surface area contributed by atoms with E-state index < -0.39 is 0 Å². The molecule has 2 aliphatic rings. The lowest BCUT2D eigenvalue weighted by Crippen LogP contribution is -2.15. The molecule has 0 radical (unpaired) electrons. The van der Waals surface area contributed by atoms with Crippen LogP contribution in [0.15, 0.2) is 29.2 Å². The van der Waals surface area contributed by atoms with Crippen LogP contribution >= 0.6 is 11.8 Å². The Morgan fingerprint density at radius 3 is 2.58 bits per heavy atom. The van der Waals surface area contributed by atoms with Crippen LogP contribution < -0.4 is 5.32 Å². The summed E-state index contributed by atoms with van der Waals surface area (Å²) in [5, 5.41) is 12.4. The van der Waals surface area contributed by atoms with Gasteiger partial charge in [-0.25, -0.2) is 0 Å². The van der Waals surface area contributed by atoms with Gasteiger partial charge < -0.3 is 5.32 Å². The summed E-state index contributed by atoms with van der Waals surface area (Å²) in [6.45, 7) is 0.994. The van der Waals surface area contributed by atoms with E-state index in [1.807, 2.05) is 11.8 Å².